The summed E-state index contributed by atoms with van der Waals surface area (Å²) < 4.78 is 40.7. The third-order valence-corrected chi connectivity index (χ3v) is 7.44. The fourth-order valence-electron chi connectivity index (χ4n) is 5.64. The van der Waals surface area contributed by atoms with Gasteiger partial charge in [-0.15, -0.1) is 0 Å². The predicted octanol–water partition coefficient (Wildman–Crippen LogP) is 2.29. The number of nitrogens with one attached hydrogen (secondary N) is 1. The Kier molecular flexibility index (Phi) is 4.61. The van der Waals surface area contributed by atoms with Crippen molar-refractivity contribution in [2.75, 3.05) is 7.11 Å². The third kappa shape index (κ3) is 3.08. The van der Waals surface area contributed by atoms with Gasteiger partial charge in [0, 0.05) is 23.9 Å². The van der Waals surface area contributed by atoms with Gasteiger partial charge in [0.25, 0.3) is 11.8 Å². The largest absolute Gasteiger partial charge is 0.491 e. The first kappa shape index (κ1) is 21.3. The minimum Gasteiger partial charge on any atom is -0.491 e. The number of nitrogens with zero attached hydrogens (tertiary/aromatic N) is 2. The van der Waals surface area contributed by atoms with E-state index in [1.165, 1.54) is 19.4 Å². The lowest BCUT2D eigenvalue weighted by Gasteiger charge is -2.44. The molecule has 3 fully saturated rings. The van der Waals surface area contributed by atoms with Gasteiger partial charge in [-0.1, -0.05) is 6.07 Å². The molecule has 178 valence electrons. The Morgan fingerprint density at radius 2 is 2.03 bits per heavy atom. The van der Waals surface area contributed by atoms with Gasteiger partial charge in [0.2, 0.25) is 5.43 Å². The first-order chi connectivity index (χ1) is 16.3. The topological polar surface area (TPSA) is 89.9 Å². The second kappa shape index (κ2) is 7.36. The van der Waals surface area contributed by atoms with Gasteiger partial charge in [0.15, 0.2) is 17.7 Å². The Balaban J connectivity index is 1.36. The van der Waals surface area contributed by atoms with E-state index in [4.69, 9.17) is 9.47 Å². The van der Waals surface area contributed by atoms with Gasteiger partial charge in [-0.2, -0.15) is 0 Å². The first-order valence-electron chi connectivity index (χ1n) is 11.4. The van der Waals surface area contributed by atoms with Crippen molar-refractivity contribution in [1.82, 2.24) is 14.8 Å². The number of pyridine rings is 1. The SMILES string of the molecule is COc1c2n(cc(C(=O)NC3(c4ccc(F)cc4F)CC3)c1=O)CC1O[C@@H]3CC[C@@H](C3)N1C2=O. The van der Waals surface area contributed by atoms with Crippen LogP contribution in [0, 0.1) is 11.6 Å². The van der Waals surface area contributed by atoms with Crippen LogP contribution in [0.15, 0.2) is 29.2 Å². The average molecular weight is 471 g/mol. The molecule has 4 aliphatic rings. The first-order valence-corrected chi connectivity index (χ1v) is 11.4. The molecule has 3 atom stereocenters. The highest BCUT2D eigenvalue weighted by molar-refractivity contribution is 5.99. The fourth-order valence-corrected chi connectivity index (χ4v) is 5.64. The molecule has 0 radical (unpaired) electrons. The van der Waals surface area contributed by atoms with E-state index >= 15 is 0 Å². The smallest absolute Gasteiger partial charge is 0.276 e. The number of methoxy groups -OCH3 is 1. The Bertz CT molecular complexity index is 1290. The van der Waals surface area contributed by atoms with Crippen molar-refractivity contribution in [2.24, 2.45) is 0 Å². The summed E-state index contributed by atoms with van der Waals surface area (Å²) in [6.07, 6.45) is 4.39. The summed E-state index contributed by atoms with van der Waals surface area (Å²) in [4.78, 5) is 41.5. The van der Waals surface area contributed by atoms with Crippen molar-refractivity contribution in [2.45, 2.75) is 62.6 Å². The molecule has 2 aliphatic carbocycles. The highest BCUT2D eigenvalue weighted by Gasteiger charge is 2.50. The number of carbonyl (C=O) groups excluding carboxylic acids is 2. The average Bonchev–Trinajstić information content (AvgIpc) is 3.47. The van der Waals surface area contributed by atoms with E-state index in [1.807, 2.05) is 0 Å². The van der Waals surface area contributed by atoms with E-state index in [0.29, 0.717) is 12.8 Å². The summed E-state index contributed by atoms with van der Waals surface area (Å²) in [5.74, 6) is -2.73. The molecule has 1 N–H and O–H groups in total. The van der Waals surface area contributed by atoms with Crippen LogP contribution in [0.25, 0.3) is 0 Å². The standard InChI is InChI=1S/C24H23F2N3O5/c1-33-21-19-23(32)29-13-3-4-14(9-13)34-18(29)11-28(19)10-15(20(21)30)22(31)27-24(6-7-24)16-5-2-12(25)8-17(16)26/h2,5,8,10,13-14,18H,3-4,6-7,9,11H2,1H3,(H,27,31)/t13-,14+,18?/m0/s1. The molecule has 2 aromatic rings. The highest BCUT2D eigenvalue weighted by Crippen LogP contribution is 2.47. The lowest BCUT2D eigenvalue weighted by molar-refractivity contribution is -0.132. The summed E-state index contributed by atoms with van der Waals surface area (Å²) >= 11 is 0. The second-order valence-corrected chi connectivity index (χ2v) is 9.46. The maximum atomic E-state index is 14.4. The van der Waals surface area contributed by atoms with Crippen molar-refractivity contribution in [1.29, 1.82) is 0 Å². The van der Waals surface area contributed by atoms with Crippen molar-refractivity contribution in [3.05, 3.63) is 63.1 Å². The molecule has 1 unspecified atom stereocenters. The predicted molar refractivity (Wildman–Crippen MR) is 114 cm³/mol. The molecule has 1 saturated heterocycles. The van der Waals surface area contributed by atoms with E-state index in [9.17, 15) is 23.2 Å². The van der Waals surface area contributed by atoms with Crippen LogP contribution in [0.5, 0.6) is 5.75 Å². The molecular formula is C24H23F2N3O5. The minimum absolute atomic E-state index is 0.0631. The number of halogens is 2. The number of benzene rings is 1. The van der Waals surface area contributed by atoms with Gasteiger partial charge in [0.05, 0.1) is 25.3 Å². The zero-order valence-corrected chi connectivity index (χ0v) is 18.5. The summed E-state index contributed by atoms with van der Waals surface area (Å²) in [7, 11) is 1.28. The molecule has 1 aromatic carbocycles. The molecule has 2 aliphatic heterocycles. The molecular weight excluding hydrogens is 448 g/mol. The Labute approximate surface area is 193 Å². The van der Waals surface area contributed by atoms with Crippen molar-refractivity contribution in [3.63, 3.8) is 0 Å². The van der Waals surface area contributed by atoms with E-state index in [2.05, 4.69) is 5.32 Å². The minimum atomic E-state index is -1.01. The number of ether oxygens (including phenoxy) is 2. The molecule has 10 heteroatoms. The Morgan fingerprint density at radius 1 is 1.24 bits per heavy atom. The van der Waals surface area contributed by atoms with Gasteiger partial charge in [0.1, 0.15) is 17.2 Å². The van der Waals surface area contributed by atoms with Crippen molar-refractivity contribution < 1.29 is 27.8 Å². The monoisotopic (exact) mass is 471 g/mol. The van der Waals surface area contributed by atoms with Crippen LogP contribution in [-0.4, -0.2) is 46.8 Å². The van der Waals surface area contributed by atoms with Crippen LogP contribution in [0.2, 0.25) is 0 Å². The van der Waals surface area contributed by atoms with E-state index in [1.54, 1.807) is 9.47 Å². The molecule has 2 amide bonds. The van der Waals surface area contributed by atoms with Crippen LogP contribution in [0.1, 0.15) is 58.5 Å². The molecule has 3 heterocycles. The van der Waals surface area contributed by atoms with E-state index in [0.717, 1.165) is 31.4 Å². The van der Waals surface area contributed by atoms with Crippen molar-refractivity contribution in [3.8, 4) is 5.75 Å². The molecule has 0 spiro atoms. The molecule has 2 bridgehead atoms. The number of rotatable bonds is 4. The molecule has 1 aromatic heterocycles. The van der Waals surface area contributed by atoms with Crippen LogP contribution < -0.4 is 15.5 Å². The van der Waals surface area contributed by atoms with Gasteiger partial charge < -0.3 is 24.3 Å². The summed E-state index contributed by atoms with van der Waals surface area (Å²) in [6, 6.07) is 3.27. The normalized spacial score (nSPS) is 26.0. The lowest BCUT2D eigenvalue weighted by atomic mass is 10.0. The van der Waals surface area contributed by atoms with Gasteiger partial charge in [-0.05, 0) is 38.2 Å². The van der Waals surface area contributed by atoms with Gasteiger partial charge in [-0.3, -0.25) is 14.4 Å². The second-order valence-electron chi connectivity index (χ2n) is 9.46. The Morgan fingerprint density at radius 3 is 2.74 bits per heavy atom. The lowest BCUT2D eigenvalue weighted by Crippen LogP contribution is -2.57. The van der Waals surface area contributed by atoms with Crippen LogP contribution in [-0.2, 0) is 16.8 Å². The molecule has 8 nitrogen and oxygen atoms in total. The van der Waals surface area contributed by atoms with Gasteiger partial charge >= 0.3 is 0 Å². The number of carbonyl (C=O) groups is 2. The number of hydrogen-bond donors (Lipinski definition) is 1. The maximum absolute atomic E-state index is 14.4. The van der Waals surface area contributed by atoms with Crippen LogP contribution in [0.4, 0.5) is 8.78 Å². The van der Waals surface area contributed by atoms with E-state index < -0.39 is 34.7 Å². The van der Waals surface area contributed by atoms with Gasteiger partial charge in [-0.25, -0.2) is 8.78 Å². The fraction of sp³-hybridized carbons (Fsp3) is 0.458. The molecule has 2 saturated carbocycles. The Hall–Kier alpha value is -3.27. The number of hydrogen-bond acceptors (Lipinski definition) is 5. The third-order valence-electron chi connectivity index (χ3n) is 7.44. The van der Waals surface area contributed by atoms with Crippen LogP contribution in [0.3, 0.4) is 0 Å². The zero-order valence-electron chi connectivity index (χ0n) is 18.5. The van der Waals surface area contributed by atoms with Crippen LogP contribution >= 0.6 is 0 Å². The molecule has 6 rings (SSSR count). The molecule has 34 heavy (non-hydrogen) atoms. The van der Waals surface area contributed by atoms with Crippen molar-refractivity contribution >= 4 is 11.8 Å². The maximum Gasteiger partial charge on any atom is 0.276 e. The summed E-state index contributed by atoms with van der Waals surface area (Å²) in [5, 5.41) is 2.75. The zero-order chi connectivity index (χ0) is 23.8. The number of amides is 2. The highest BCUT2D eigenvalue weighted by atomic mass is 19.1. The quantitative estimate of drug-likeness (QED) is 0.739. The number of fused-ring (bicyclic) bond motifs is 5. The summed E-state index contributed by atoms with van der Waals surface area (Å²) in [6.45, 7) is 0.267. The summed E-state index contributed by atoms with van der Waals surface area (Å²) in [5.41, 5.74) is -1.66. The van der Waals surface area contributed by atoms with E-state index in [-0.39, 0.29) is 47.2 Å². The number of aromatic nitrogens is 1.